The highest BCUT2D eigenvalue weighted by molar-refractivity contribution is 5.82. The smallest absolute Gasteiger partial charge is 0.312 e. The molecule has 6 heteroatoms. The molecular formula is C20H28N4O2. The number of rotatable bonds is 4. The van der Waals surface area contributed by atoms with E-state index in [1.807, 2.05) is 12.3 Å². The molecule has 1 atom stereocenters. The van der Waals surface area contributed by atoms with Crippen LogP contribution < -0.4 is 4.90 Å². The minimum Gasteiger partial charge on any atom is -0.461 e. The molecule has 4 fully saturated rings. The number of hydrogen-bond acceptors (Lipinski definition) is 6. The minimum absolute atomic E-state index is 0.0597. The lowest BCUT2D eigenvalue weighted by molar-refractivity contribution is -0.145. The van der Waals surface area contributed by atoms with Gasteiger partial charge in [-0.2, -0.15) is 0 Å². The number of carbonyl (C=O) groups excluding carboxylic acids is 1. The van der Waals surface area contributed by atoms with Crippen LogP contribution in [0.5, 0.6) is 0 Å². The zero-order valence-corrected chi connectivity index (χ0v) is 15.4. The number of anilines is 1. The maximum absolute atomic E-state index is 11.9. The predicted octanol–water partition coefficient (Wildman–Crippen LogP) is 2.35. The Morgan fingerprint density at radius 2 is 1.92 bits per heavy atom. The number of esters is 1. The summed E-state index contributed by atoms with van der Waals surface area (Å²) in [5.74, 6) is 2.63. The Balaban J connectivity index is 1.16. The molecule has 1 aromatic rings. The summed E-state index contributed by atoms with van der Waals surface area (Å²) in [5, 5.41) is 0. The summed E-state index contributed by atoms with van der Waals surface area (Å²) in [6, 6.07) is 2.05. The molecule has 1 saturated carbocycles. The molecule has 3 saturated heterocycles. The fourth-order valence-corrected chi connectivity index (χ4v) is 4.84. The van der Waals surface area contributed by atoms with E-state index in [-0.39, 0.29) is 17.5 Å². The van der Waals surface area contributed by atoms with Gasteiger partial charge in [0.2, 0.25) is 0 Å². The van der Waals surface area contributed by atoms with Crippen LogP contribution in [0.4, 0.5) is 5.82 Å². The minimum atomic E-state index is -0.0765. The summed E-state index contributed by atoms with van der Waals surface area (Å²) in [4.78, 5) is 26.2. The van der Waals surface area contributed by atoms with Crippen molar-refractivity contribution in [2.75, 3.05) is 37.6 Å². The Morgan fingerprint density at radius 3 is 2.62 bits per heavy atom. The number of carbonyl (C=O) groups is 1. The molecule has 5 rings (SSSR count). The second-order valence-electron chi connectivity index (χ2n) is 8.55. The van der Waals surface area contributed by atoms with Gasteiger partial charge in [0.1, 0.15) is 17.7 Å². The van der Waals surface area contributed by atoms with E-state index in [2.05, 4.69) is 14.8 Å². The van der Waals surface area contributed by atoms with Crippen molar-refractivity contribution >= 4 is 11.8 Å². The number of likely N-dealkylation sites (tertiary alicyclic amines) is 1. The molecule has 1 aromatic heterocycles. The Bertz CT molecular complexity index is 676. The van der Waals surface area contributed by atoms with Crippen molar-refractivity contribution in [2.45, 2.75) is 57.0 Å². The van der Waals surface area contributed by atoms with E-state index in [0.717, 1.165) is 76.5 Å². The van der Waals surface area contributed by atoms with Gasteiger partial charge in [0.25, 0.3) is 0 Å². The lowest BCUT2D eigenvalue weighted by atomic mass is 9.95. The average molecular weight is 356 g/mol. The van der Waals surface area contributed by atoms with Crippen molar-refractivity contribution in [1.82, 2.24) is 14.9 Å². The van der Waals surface area contributed by atoms with Gasteiger partial charge >= 0.3 is 5.97 Å². The second-order valence-corrected chi connectivity index (χ2v) is 8.55. The second kappa shape index (κ2) is 6.48. The largest absolute Gasteiger partial charge is 0.461 e. The summed E-state index contributed by atoms with van der Waals surface area (Å²) in [7, 11) is 0. The van der Waals surface area contributed by atoms with Crippen LogP contribution in [0.3, 0.4) is 0 Å². The highest BCUT2D eigenvalue weighted by Crippen LogP contribution is 2.54. The molecule has 3 aliphatic heterocycles. The maximum Gasteiger partial charge on any atom is 0.312 e. The molecule has 0 amide bonds. The molecule has 1 unspecified atom stereocenters. The average Bonchev–Trinajstić information content (AvgIpc) is 3.12. The zero-order chi connectivity index (χ0) is 17.6. The molecule has 4 heterocycles. The molecule has 140 valence electrons. The van der Waals surface area contributed by atoms with Gasteiger partial charge in [-0.3, -0.25) is 9.69 Å². The van der Waals surface area contributed by atoms with E-state index in [9.17, 15) is 4.79 Å². The van der Waals surface area contributed by atoms with Crippen molar-refractivity contribution in [3.05, 3.63) is 18.1 Å². The summed E-state index contributed by atoms with van der Waals surface area (Å²) >= 11 is 0. The van der Waals surface area contributed by atoms with Crippen LogP contribution in [0.15, 0.2) is 12.3 Å². The van der Waals surface area contributed by atoms with Gasteiger partial charge in [0.05, 0.1) is 5.41 Å². The summed E-state index contributed by atoms with van der Waals surface area (Å²) in [6.07, 6.45) is 9.77. The molecule has 26 heavy (non-hydrogen) atoms. The van der Waals surface area contributed by atoms with E-state index in [4.69, 9.17) is 9.72 Å². The Kier molecular flexibility index (Phi) is 4.11. The van der Waals surface area contributed by atoms with Crippen LogP contribution in [-0.4, -0.2) is 59.7 Å². The molecule has 1 aliphatic carbocycles. The number of hydrogen-bond donors (Lipinski definition) is 0. The molecular weight excluding hydrogens is 328 g/mol. The standard InChI is InChI=1S/C20H28N4O2/c25-19-20(6-7-20)13-16(26-19)14-23-11-4-15(5-12-23)18-21-8-3-17(22-18)24-9-1-2-10-24/h3,8,15-16H,1-2,4-7,9-14H2. The Hall–Kier alpha value is -1.69. The molecule has 0 N–H and O–H groups in total. The number of aromatic nitrogens is 2. The normalized spacial score (nSPS) is 28.7. The van der Waals surface area contributed by atoms with Crippen LogP contribution in [0, 0.1) is 5.41 Å². The SMILES string of the molecule is O=C1OC(CN2CCC(c3nccc(N4CCCC4)n3)CC2)CC12CC2. The van der Waals surface area contributed by atoms with Crippen LogP contribution in [0.1, 0.15) is 56.7 Å². The summed E-state index contributed by atoms with van der Waals surface area (Å²) < 4.78 is 5.62. The van der Waals surface area contributed by atoms with Crippen molar-refractivity contribution in [1.29, 1.82) is 0 Å². The van der Waals surface area contributed by atoms with Crippen molar-refractivity contribution < 1.29 is 9.53 Å². The topological polar surface area (TPSA) is 58.6 Å². The quantitative estimate of drug-likeness (QED) is 0.772. The van der Waals surface area contributed by atoms with Crippen molar-refractivity contribution in [2.24, 2.45) is 5.41 Å². The molecule has 0 aromatic carbocycles. The number of ether oxygens (including phenoxy) is 1. The van der Waals surface area contributed by atoms with Crippen molar-refractivity contribution in [3.63, 3.8) is 0 Å². The highest BCUT2D eigenvalue weighted by atomic mass is 16.6. The molecule has 0 bridgehead atoms. The van der Waals surface area contributed by atoms with Gasteiger partial charge in [-0.15, -0.1) is 0 Å². The number of nitrogens with zero attached hydrogens (tertiary/aromatic N) is 4. The van der Waals surface area contributed by atoms with Gasteiger partial charge in [-0.1, -0.05) is 0 Å². The monoisotopic (exact) mass is 356 g/mol. The van der Waals surface area contributed by atoms with Gasteiger partial charge in [-0.05, 0) is 57.7 Å². The van der Waals surface area contributed by atoms with E-state index in [0.29, 0.717) is 5.92 Å². The fraction of sp³-hybridized carbons (Fsp3) is 0.750. The molecule has 1 spiro atoms. The maximum atomic E-state index is 11.9. The third kappa shape index (κ3) is 3.08. The Morgan fingerprint density at radius 1 is 1.15 bits per heavy atom. The van der Waals surface area contributed by atoms with E-state index in [1.54, 1.807) is 0 Å². The van der Waals surface area contributed by atoms with E-state index >= 15 is 0 Å². The Labute approximate surface area is 154 Å². The first-order chi connectivity index (χ1) is 12.7. The van der Waals surface area contributed by atoms with Gasteiger partial charge in [-0.25, -0.2) is 9.97 Å². The molecule has 4 aliphatic rings. The summed E-state index contributed by atoms with van der Waals surface area (Å²) in [6.45, 7) is 5.23. The lowest BCUT2D eigenvalue weighted by Crippen LogP contribution is -2.38. The van der Waals surface area contributed by atoms with E-state index < -0.39 is 0 Å². The van der Waals surface area contributed by atoms with Crippen molar-refractivity contribution in [3.8, 4) is 0 Å². The first-order valence-electron chi connectivity index (χ1n) is 10.2. The van der Waals surface area contributed by atoms with Crippen LogP contribution in [0.25, 0.3) is 0 Å². The highest BCUT2D eigenvalue weighted by Gasteiger charge is 2.57. The van der Waals surface area contributed by atoms with Crippen LogP contribution >= 0.6 is 0 Å². The predicted molar refractivity (Wildman–Crippen MR) is 98.1 cm³/mol. The zero-order valence-electron chi connectivity index (χ0n) is 15.4. The summed E-state index contributed by atoms with van der Waals surface area (Å²) in [5.41, 5.74) is -0.0765. The number of cyclic esters (lactones) is 1. The van der Waals surface area contributed by atoms with Gasteiger partial charge < -0.3 is 9.64 Å². The van der Waals surface area contributed by atoms with Crippen LogP contribution in [0.2, 0.25) is 0 Å². The third-order valence-electron chi connectivity index (χ3n) is 6.68. The van der Waals surface area contributed by atoms with Gasteiger partial charge in [0, 0.05) is 38.2 Å². The van der Waals surface area contributed by atoms with E-state index in [1.165, 1.54) is 12.8 Å². The molecule has 0 radical (unpaired) electrons. The lowest BCUT2D eigenvalue weighted by Gasteiger charge is -2.32. The fourth-order valence-electron chi connectivity index (χ4n) is 4.84. The number of piperidine rings is 1. The first-order valence-corrected chi connectivity index (χ1v) is 10.2. The van der Waals surface area contributed by atoms with Gasteiger partial charge in [0.15, 0.2) is 0 Å². The van der Waals surface area contributed by atoms with Crippen LogP contribution in [-0.2, 0) is 9.53 Å². The first kappa shape index (κ1) is 16.5. The third-order valence-corrected chi connectivity index (χ3v) is 6.68. The molecule has 6 nitrogen and oxygen atoms in total.